The molecule has 0 atom stereocenters. The van der Waals surface area contributed by atoms with Crippen molar-refractivity contribution in [3.8, 4) is 5.75 Å². The van der Waals surface area contributed by atoms with Crippen LogP contribution in [0.3, 0.4) is 0 Å². The maximum atomic E-state index is 11.7. The molecular weight excluding hydrogens is 471 g/mol. The van der Waals surface area contributed by atoms with Gasteiger partial charge in [-0.2, -0.15) is 0 Å². The van der Waals surface area contributed by atoms with E-state index in [4.69, 9.17) is 15.2 Å². The fourth-order valence-corrected chi connectivity index (χ4v) is 3.11. The highest BCUT2D eigenvalue weighted by atomic mass is 127. The number of piperidine rings is 1. The van der Waals surface area contributed by atoms with Gasteiger partial charge in [0.2, 0.25) is 0 Å². The lowest BCUT2D eigenvalue weighted by Crippen LogP contribution is -2.48. The van der Waals surface area contributed by atoms with Gasteiger partial charge in [-0.05, 0) is 56.7 Å². The molecule has 1 amide bonds. The molecule has 1 aliphatic heterocycles. The lowest BCUT2D eigenvalue weighted by Gasteiger charge is -2.31. The van der Waals surface area contributed by atoms with E-state index in [0.29, 0.717) is 25.7 Å². The Kier molecular flexibility index (Phi) is 11.7. The van der Waals surface area contributed by atoms with E-state index in [1.54, 1.807) is 12.0 Å². The molecule has 1 aromatic rings. The molecule has 158 valence electrons. The van der Waals surface area contributed by atoms with E-state index in [9.17, 15) is 4.79 Å². The molecule has 1 saturated heterocycles. The van der Waals surface area contributed by atoms with Crippen molar-refractivity contribution in [2.45, 2.75) is 45.1 Å². The van der Waals surface area contributed by atoms with Crippen molar-refractivity contribution in [1.82, 2.24) is 10.2 Å². The summed E-state index contributed by atoms with van der Waals surface area (Å²) in [6.45, 7) is 4.32. The molecule has 7 nitrogen and oxygen atoms in total. The highest BCUT2D eigenvalue weighted by Crippen LogP contribution is 2.13. The number of likely N-dealkylation sites (tertiary alicyclic amines) is 1. The molecule has 0 spiro atoms. The van der Waals surface area contributed by atoms with Crippen molar-refractivity contribution in [2.75, 3.05) is 33.4 Å². The molecule has 8 heteroatoms. The topological polar surface area (TPSA) is 89.2 Å². The Morgan fingerprint density at radius 1 is 1.25 bits per heavy atom. The van der Waals surface area contributed by atoms with Crippen LogP contribution in [-0.2, 0) is 11.2 Å². The predicted molar refractivity (Wildman–Crippen MR) is 123 cm³/mol. The number of halogens is 1. The van der Waals surface area contributed by atoms with E-state index in [1.807, 2.05) is 19.1 Å². The first kappa shape index (κ1) is 24.3. The van der Waals surface area contributed by atoms with E-state index in [-0.39, 0.29) is 36.1 Å². The Bertz CT molecular complexity index is 602. The monoisotopic (exact) mass is 504 g/mol. The van der Waals surface area contributed by atoms with Crippen molar-refractivity contribution in [1.29, 1.82) is 0 Å². The summed E-state index contributed by atoms with van der Waals surface area (Å²) in [6.07, 6.45) is 4.57. The minimum absolute atomic E-state index is 0. The van der Waals surface area contributed by atoms with E-state index in [1.165, 1.54) is 5.56 Å². The second-order valence-corrected chi connectivity index (χ2v) is 6.68. The SMILES string of the molecule is CCOC(=O)N1CCC(NC(N)=NCCCCc2ccc(OC)cc2)CC1.I. The zero-order chi connectivity index (χ0) is 19.5. The fraction of sp³-hybridized carbons (Fsp3) is 0.600. The van der Waals surface area contributed by atoms with Crippen LogP contribution in [0.1, 0.15) is 38.2 Å². The van der Waals surface area contributed by atoms with Gasteiger partial charge in [-0.15, -0.1) is 24.0 Å². The van der Waals surface area contributed by atoms with Gasteiger partial charge in [-0.1, -0.05) is 12.1 Å². The standard InChI is InChI=1S/C20H32N4O3.HI/c1-3-27-20(25)24-14-11-17(12-15-24)23-19(21)22-13-5-4-6-16-7-9-18(26-2)10-8-16;/h7-10,17H,3-6,11-15H2,1-2H3,(H3,21,22,23);1H. The summed E-state index contributed by atoms with van der Waals surface area (Å²) in [6, 6.07) is 8.44. The lowest BCUT2D eigenvalue weighted by atomic mass is 10.1. The van der Waals surface area contributed by atoms with Crippen molar-refractivity contribution in [2.24, 2.45) is 10.7 Å². The molecule has 0 aromatic heterocycles. The minimum atomic E-state index is -0.227. The number of nitrogens with two attached hydrogens (primary N) is 1. The normalized spacial score (nSPS) is 14.9. The molecule has 1 aliphatic rings. The number of unbranched alkanes of at least 4 members (excludes halogenated alkanes) is 1. The first-order valence-electron chi connectivity index (χ1n) is 9.73. The fourth-order valence-electron chi connectivity index (χ4n) is 3.11. The number of carbonyl (C=O) groups is 1. The Balaban J connectivity index is 0.00000392. The third-order valence-electron chi connectivity index (χ3n) is 4.69. The number of ether oxygens (including phenoxy) is 2. The lowest BCUT2D eigenvalue weighted by molar-refractivity contribution is 0.0963. The van der Waals surface area contributed by atoms with Gasteiger partial charge in [0.1, 0.15) is 5.75 Å². The van der Waals surface area contributed by atoms with Crippen LogP contribution in [0.4, 0.5) is 4.79 Å². The van der Waals surface area contributed by atoms with E-state index in [0.717, 1.165) is 44.4 Å². The van der Waals surface area contributed by atoms with Crippen LogP contribution in [0.2, 0.25) is 0 Å². The van der Waals surface area contributed by atoms with Crippen molar-refractivity contribution >= 4 is 36.0 Å². The van der Waals surface area contributed by atoms with Gasteiger partial charge < -0.3 is 25.4 Å². The molecule has 0 radical (unpaired) electrons. The Morgan fingerprint density at radius 2 is 1.93 bits per heavy atom. The number of aliphatic imine (C=N–C) groups is 1. The molecule has 28 heavy (non-hydrogen) atoms. The first-order chi connectivity index (χ1) is 13.1. The Morgan fingerprint density at radius 3 is 2.54 bits per heavy atom. The molecule has 2 rings (SSSR count). The smallest absolute Gasteiger partial charge is 0.409 e. The quantitative estimate of drug-likeness (QED) is 0.246. The van der Waals surface area contributed by atoms with E-state index < -0.39 is 0 Å². The number of amides is 1. The van der Waals surface area contributed by atoms with Gasteiger partial charge in [0.25, 0.3) is 0 Å². The number of aryl methyl sites for hydroxylation is 1. The number of guanidine groups is 1. The van der Waals surface area contributed by atoms with Crippen LogP contribution in [-0.4, -0.2) is 56.3 Å². The van der Waals surface area contributed by atoms with Crippen LogP contribution >= 0.6 is 24.0 Å². The molecule has 0 aliphatic carbocycles. The van der Waals surface area contributed by atoms with Crippen molar-refractivity contribution in [3.05, 3.63) is 29.8 Å². The van der Waals surface area contributed by atoms with Crippen molar-refractivity contribution < 1.29 is 14.3 Å². The van der Waals surface area contributed by atoms with E-state index in [2.05, 4.69) is 22.4 Å². The second kappa shape index (κ2) is 13.5. The van der Waals surface area contributed by atoms with Crippen molar-refractivity contribution in [3.63, 3.8) is 0 Å². The van der Waals surface area contributed by atoms with Gasteiger partial charge in [0, 0.05) is 25.7 Å². The third kappa shape index (κ3) is 8.53. The molecule has 1 aromatic carbocycles. The second-order valence-electron chi connectivity index (χ2n) is 6.68. The Labute approximate surface area is 185 Å². The zero-order valence-corrected chi connectivity index (χ0v) is 19.2. The zero-order valence-electron chi connectivity index (χ0n) is 16.9. The largest absolute Gasteiger partial charge is 0.497 e. The average molecular weight is 504 g/mol. The number of rotatable bonds is 8. The van der Waals surface area contributed by atoms with Gasteiger partial charge in [-0.25, -0.2) is 4.79 Å². The molecule has 3 N–H and O–H groups in total. The Hall–Kier alpha value is -1.71. The van der Waals surface area contributed by atoms with Crippen LogP contribution in [0.15, 0.2) is 29.3 Å². The van der Waals surface area contributed by atoms with Gasteiger partial charge in [-0.3, -0.25) is 4.99 Å². The molecule has 0 bridgehead atoms. The number of nitrogens with one attached hydrogen (secondary N) is 1. The summed E-state index contributed by atoms with van der Waals surface area (Å²) in [4.78, 5) is 17.9. The first-order valence-corrected chi connectivity index (χ1v) is 9.73. The van der Waals surface area contributed by atoms with Crippen LogP contribution in [0.5, 0.6) is 5.75 Å². The maximum Gasteiger partial charge on any atom is 0.409 e. The number of carbonyl (C=O) groups excluding carboxylic acids is 1. The summed E-state index contributed by atoms with van der Waals surface area (Å²) < 4.78 is 10.2. The highest BCUT2D eigenvalue weighted by Gasteiger charge is 2.23. The molecule has 0 unspecified atom stereocenters. The number of benzene rings is 1. The van der Waals surface area contributed by atoms with Crippen LogP contribution < -0.4 is 15.8 Å². The van der Waals surface area contributed by atoms with E-state index >= 15 is 0 Å². The highest BCUT2D eigenvalue weighted by molar-refractivity contribution is 14.0. The minimum Gasteiger partial charge on any atom is -0.497 e. The van der Waals surface area contributed by atoms with Crippen LogP contribution in [0, 0.1) is 0 Å². The van der Waals surface area contributed by atoms with Gasteiger partial charge in [0.15, 0.2) is 5.96 Å². The third-order valence-corrected chi connectivity index (χ3v) is 4.69. The molecule has 1 heterocycles. The summed E-state index contributed by atoms with van der Waals surface area (Å²) in [5.74, 6) is 1.38. The number of methoxy groups -OCH3 is 1. The molecule has 0 saturated carbocycles. The molecular formula is C20H33IN4O3. The van der Waals surface area contributed by atoms with Crippen LogP contribution in [0.25, 0.3) is 0 Å². The maximum absolute atomic E-state index is 11.7. The number of hydrogen-bond donors (Lipinski definition) is 2. The summed E-state index contributed by atoms with van der Waals surface area (Å²) in [7, 11) is 1.68. The summed E-state index contributed by atoms with van der Waals surface area (Å²) in [5.41, 5.74) is 7.30. The summed E-state index contributed by atoms with van der Waals surface area (Å²) in [5, 5.41) is 3.27. The number of hydrogen-bond acceptors (Lipinski definition) is 4. The average Bonchev–Trinajstić information content (AvgIpc) is 2.69. The molecule has 1 fully saturated rings. The number of nitrogens with zero attached hydrogens (tertiary/aromatic N) is 2. The van der Waals surface area contributed by atoms with Gasteiger partial charge >= 0.3 is 6.09 Å². The predicted octanol–water partition coefficient (Wildman–Crippen LogP) is 3.16. The summed E-state index contributed by atoms with van der Waals surface area (Å²) >= 11 is 0. The van der Waals surface area contributed by atoms with Gasteiger partial charge in [0.05, 0.1) is 13.7 Å².